The van der Waals surface area contributed by atoms with Crippen LogP contribution < -0.4 is 0 Å². The molecule has 0 radical (unpaired) electrons. The van der Waals surface area contributed by atoms with Gasteiger partial charge in [0.05, 0.1) is 25.7 Å². The number of fused-ring (bicyclic) bond motifs is 1. The van der Waals surface area contributed by atoms with Crippen LogP contribution in [0.4, 0.5) is 0 Å². The highest BCUT2D eigenvalue weighted by Crippen LogP contribution is 2.27. The van der Waals surface area contributed by atoms with Crippen molar-refractivity contribution in [3.05, 3.63) is 0 Å². The lowest BCUT2D eigenvalue weighted by Crippen LogP contribution is -2.57. The van der Waals surface area contributed by atoms with Crippen LogP contribution in [0.2, 0.25) is 0 Å². The van der Waals surface area contributed by atoms with E-state index in [1.807, 2.05) is 0 Å². The number of nitrogens with zero attached hydrogens (tertiary/aromatic N) is 1. The molecule has 5 nitrogen and oxygen atoms in total. The summed E-state index contributed by atoms with van der Waals surface area (Å²) in [7, 11) is 1.39. The van der Waals surface area contributed by atoms with Crippen LogP contribution in [-0.4, -0.2) is 49.2 Å². The van der Waals surface area contributed by atoms with Crippen molar-refractivity contribution in [2.24, 2.45) is 5.92 Å². The molecule has 0 saturated carbocycles. The number of esters is 1. The molecule has 0 aromatic carbocycles. The highest BCUT2D eigenvalue weighted by molar-refractivity contribution is 5.82. The lowest BCUT2D eigenvalue weighted by atomic mass is 9.91. The van der Waals surface area contributed by atoms with Crippen LogP contribution in [0, 0.1) is 5.92 Å². The van der Waals surface area contributed by atoms with Crippen LogP contribution in [0.15, 0.2) is 0 Å². The summed E-state index contributed by atoms with van der Waals surface area (Å²) in [5, 5.41) is 0. The number of morpholine rings is 1. The maximum Gasteiger partial charge on any atom is 0.310 e. The van der Waals surface area contributed by atoms with Crippen molar-refractivity contribution < 1.29 is 19.1 Å². The van der Waals surface area contributed by atoms with Gasteiger partial charge in [0.15, 0.2) is 0 Å². The number of carbonyl (C=O) groups is 2. The largest absolute Gasteiger partial charge is 0.469 e. The molecular formula is C11H17NO4. The Kier molecular flexibility index (Phi) is 3.14. The van der Waals surface area contributed by atoms with Gasteiger partial charge in [0.1, 0.15) is 6.10 Å². The van der Waals surface area contributed by atoms with Gasteiger partial charge in [-0.05, 0) is 19.8 Å². The van der Waals surface area contributed by atoms with E-state index in [2.05, 4.69) is 0 Å². The molecule has 2 fully saturated rings. The number of carbonyl (C=O) groups excluding carboxylic acids is 2. The average molecular weight is 227 g/mol. The zero-order valence-corrected chi connectivity index (χ0v) is 9.64. The van der Waals surface area contributed by atoms with Crippen LogP contribution in [0.25, 0.3) is 0 Å². The summed E-state index contributed by atoms with van der Waals surface area (Å²) in [6.45, 7) is 2.81. The second kappa shape index (κ2) is 4.41. The molecule has 90 valence electrons. The third-order valence-electron chi connectivity index (χ3n) is 3.41. The first-order chi connectivity index (χ1) is 7.63. The van der Waals surface area contributed by atoms with E-state index in [1.165, 1.54) is 7.11 Å². The zero-order chi connectivity index (χ0) is 11.7. The Hall–Kier alpha value is -1.10. The third kappa shape index (κ3) is 1.91. The van der Waals surface area contributed by atoms with Gasteiger partial charge in [-0.2, -0.15) is 0 Å². The van der Waals surface area contributed by atoms with Gasteiger partial charge in [0.2, 0.25) is 0 Å². The highest BCUT2D eigenvalue weighted by Gasteiger charge is 2.40. The molecule has 2 aliphatic heterocycles. The van der Waals surface area contributed by atoms with Crippen molar-refractivity contribution in [3.8, 4) is 0 Å². The number of hydrogen-bond donors (Lipinski definition) is 0. The van der Waals surface area contributed by atoms with E-state index >= 15 is 0 Å². The predicted molar refractivity (Wildman–Crippen MR) is 55.7 cm³/mol. The van der Waals surface area contributed by atoms with Crippen molar-refractivity contribution >= 4 is 11.9 Å². The molecule has 0 aromatic heterocycles. The SMILES string of the molecule is COC(=O)[C@H]1CC[C@H]2CO[C@@H](C)C(=O)N2C1. The highest BCUT2D eigenvalue weighted by atomic mass is 16.5. The maximum atomic E-state index is 11.9. The number of piperidine rings is 1. The summed E-state index contributed by atoms with van der Waals surface area (Å²) in [6.07, 6.45) is 1.21. The topological polar surface area (TPSA) is 55.8 Å². The second-order valence-corrected chi connectivity index (χ2v) is 4.42. The van der Waals surface area contributed by atoms with Gasteiger partial charge in [0.25, 0.3) is 5.91 Å². The maximum absolute atomic E-state index is 11.9. The third-order valence-corrected chi connectivity index (χ3v) is 3.41. The lowest BCUT2D eigenvalue weighted by molar-refractivity contribution is -0.166. The molecule has 2 aliphatic rings. The fourth-order valence-electron chi connectivity index (χ4n) is 2.39. The fourth-order valence-corrected chi connectivity index (χ4v) is 2.39. The molecule has 2 rings (SSSR count). The monoisotopic (exact) mass is 227 g/mol. The normalized spacial score (nSPS) is 34.5. The smallest absolute Gasteiger partial charge is 0.310 e. The van der Waals surface area contributed by atoms with Crippen LogP contribution >= 0.6 is 0 Å². The Morgan fingerprint density at radius 2 is 2.25 bits per heavy atom. The van der Waals surface area contributed by atoms with Gasteiger partial charge in [-0.3, -0.25) is 9.59 Å². The van der Waals surface area contributed by atoms with Crippen LogP contribution in [0.3, 0.4) is 0 Å². The Morgan fingerprint density at radius 1 is 1.50 bits per heavy atom. The van der Waals surface area contributed by atoms with E-state index in [1.54, 1.807) is 11.8 Å². The van der Waals surface area contributed by atoms with E-state index in [0.717, 1.165) is 12.8 Å². The van der Waals surface area contributed by atoms with E-state index in [9.17, 15) is 9.59 Å². The molecule has 2 saturated heterocycles. The van der Waals surface area contributed by atoms with Gasteiger partial charge in [-0.15, -0.1) is 0 Å². The molecule has 0 bridgehead atoms. The molecule has 3 atom stereocenters. The number of rotatable bonds is 1. The quantitative estimate of drug-likeness (QED) is 0.600. The van der Waals surface area contributed by atoms with E-state index in [0.29, 0.717) is 13.2 Å². The Balaban J connectivity index is 2.05. The van der Waals surface area contributed by atoms with E-state index < -0.39 is 0 Å². The van der Waals surface area contributed by atoms with Gasteiger partial charge in [0, 0.05) is 6.54 Å². The van der Waals surface area contributed by atoms with E-state index in [-0.39, 0.29) is 29.9 Å². The average Bonchev–Trinajstić information content (AvgIpc) is 2.32. The van der Waals surface area contributed by atoms with E-state index in [4.69, 9.17) is 9.47 Å². The summed E-state index contributed by atoms with van der Waals surface area (Å²) in [5.41, 5.74) is 0. The second-order valence-electron chi connectivity index (χ2n) is 4.42. The lowest BCUT2D eigenvalue weighted by Gasteiger charge is -2.43. The summed E-state index contributed by atoms with van der Waals surface area (Å²) >= 11 is 0. The number of methoxy groups -OCH3 is 1. The standard InChI is InChI=1S/C11H17NO4/c1-7-10(13)12-5-8(11(14)15-2)3-4-9(12)6-16-7/h7-9H,3-6H2,1-2H3/t7-,8-,9-/m0/s1. The summed E-state index contributed by atoms with van der Waals surface area (Å²) in [6, 6.07) is 0.143. The minimum Gasteiger partial charge on any atom is -0.469 e. The summed E-state index contributed by atoms with van der Waals surface area (Å²) in [5.74, 6) is -0.397. The number of ether oxygens (including phenoxy) is 2. The van der Waals surface area contributed by atoms with Crippen LogP contribution in [0.1, 0.15) is 19.8 Å². The fraction of sp³-hybridized carbons (Fsp3) is 0.818. The molecule has 16 heavy (non-hydrogen) atoms. The van der Waals surface area contributed by atoms with Crippen molar-refractivity contribution in [3.63, 3.8) is 0 Å². The molecule has 0 aliphatic carbocycles. The number of hydrogen-bond acceptors (Lipinski definition) is 4. The van der Waals surface area contributed by atoms with Gasteiger partial charge in [-0.1, -0.05) is 0 Å². The Morgan fingerprint density at radius 3 is 2.94 bits per heavy atom. The van der Waals surface area contributed by atoms with Crippen molar-refractivity contribution in [1.29, 1.82) is 0 Å². The summed E-state index contributed by atoms with van der Waals surface area (Å²) in [4.78, 5) is 25.1. The van der Waals surface area contributed by atoms with Crippen LogP contribution in [0.5, 0.6) is 0 Å². The van der Waals surface area contributed by atoms with Crippen LogP contribution in [-0.2, 0) is 19.1 Å². The van der Waals surface area contributed by atoms with Crippen molar-refractivity contribution in [2.75, 3.05) is 20.3 Å². The Bertz CT molecular complexity index is 304. The molecule has 5 heteroatoms. The van der Waals surface area contributed by atoms with Crippen molar-refractivity contribution in [2.45, 2.75) is 31.9 Å². The van der Waals surface area contributed by atoms with Gasteiger partial charge < -0.3 is 14.4 Å². The molecular weight excluding hydrogens is 210 g/mol. The molecule has 0 aromatic rings. The Labute approximate surface area is 94.7 Å². The predicted octanol–water partition coefficient (Wildman–Crippen LogP) is 0.185. The van der Waals surface area contributed by atoms with Gasteiger partial charge in [-0.25, -0.2) is 0 Å². The number of amides is 1. The zero-order valence-electron chi connectivity index (χ0n) is 9.64. The van der Waals surface area contributed by atoms with Crippen molar-refractivity contribution in [1.82, 2.24) is 4.90 Å². The molecule has 0 N–H and O–H groups in total. The summed E-state index contributed by atoms with van der Waals surface area (Å²) < 4.78 is 10.1. The molecule has 0 unspecified atom stereocenters. The molecule has 0 spiro atoms. The minimum absolute atomic E-state index is 0.00940. The first-order valence-corrected chi connectivity index (χ1v) is 5.63. The molecule has 1 amide bonds. The minimum atomic E-state index is -0.382. The van der Waals surface area contributed by atoms with Gasteiger partial charge >= 0.3 is 5.97 Å². The first-order valence-electron chi connectivity index (χ1n) is 5.63. The first kappa shape index (κ1) is 11.4. The molecule has 2 heterocycles.